The van der Waals surface area contributed by atoms with E-state index in [1.165, 1.54) is 11.3 Å². The minimum Gasteiger partial charge on any atom is -0.398 e. The van der Waals surface area contributed by atoms with E-state index in [0.717, 1.165) is 9.35 Å². The molecule has 0 saturated carbocycles. The van der Waals surface area contributed by atoms with E-state index >= 15 is 0 Å². The highest BCUT2D eigenvalue weighted by Gasteiger charge is 2.11. The van der Waals surface area contributed by atoms with Crippen LogP contribution in [0.3, 0.4) is 0 Å². The lowest BCUT2D eigenvalue weighted by Crippen LogP contribution is -2.10. The molecule has 0 aliphatic rings. The number of carbonyl (C=O) groups excluding carboxylic acids is 1. The van der Waals surface area contributed by atoms with Gasteiger partial charge in [0.05, 0.1) is 9.90 Å². The van der Waals surface area contributed by atoms with Crippen molar-refractivity contribution in [1.29, 1.82) is 0 Å². The predicted molar refractivity (Wildman–Crippen MR) is 80.6 cm³/mol. The first-order chi connectivity index (χ1) is 8.47. The summed E-state index contributed by atoms with van der Waals surface area (Å²) in [4.78, 5) is 13.5. The van der Waals surface area contributed by atoms with Gasteiger partial charge in [0.15, 0.2) is 0 Å². The molecule has 3 nitrogen and oxygen atoms in total. The Morgan fingerprint density at radius 2 is 2.17 bits per heavy atom. The Bertz CT molecular complexity index is 593. The molecule has 94 valence electrons. The SMILES string of the molecule is Cc1sc(C(=O)Nc2ccc(Cl)c(Br)c2)cc1N. The van der Waals surface area contributed by atoms with Crippen LogP contribution < -0.4 is 11.1 Å². The van der Waals surface area contributed by atoms with Crippen molar-refractivity contribution < 1.29 is 4.79 Å². The van der Waals surface area contributed by atoms with E-state index in [1.54, 1.807) is 24.3 Å². The van der Waals surface area contributed by atoms with Crippen LogP contribution in [-0.4, -0.2) is 5.91 Å². The third-order valence-corrected chi connectivity index (χ3v) is 4.64. The standard InChI is InChI=1S/C12H10BrClN2OS/c1-6-10(15)5-11(18-6)12(17)16-7-2-3-9(14)8(13)4-7/h2-5H,15H2,1H3,(H,16,17). The topological polar surface area (TPSA) is 55.1 Å². The second kappa shape index (κ2) is 5.30. The molecule has 0 aliphatic carbocycles. The smallest absolute Gasteiger partial charge is 0.265 e. The number of aryl methyl sites for hydroxylation is 1. The summed E-state index contributed by atoms with van der Waals surface area (Å²) in [6, 6.07) is 6.90. The summed E-state index contributed by atoms with van der Waals surface area (Å²) in [6.45, 7) is 1.88. The van der Waals surface area contributed by atoms with Crippen molar-refractivity contribution in [2.45, 2.75) is 6.92 Å². The molecule has 2 rings (SSSR count). The average molecular weight is 346 g/mol. The highest BCUT2D eigenvalue weighted by atomic mass is 79.9. The third kappa shape index (κ3) is 2.85. The van der Waals surface area contributed by atoms with Crippen molar-refractivity contribution in [3.8, 4) is 0 Å². The molecule has 0 atom stereocenters. The van der Waals surface area contributed by atoms with Crippen LogP contribution >= 0.6 is 38.9 Å². The Morgan fingerprint density at radius 1 is 1.44 bits per heavy atom. The van der Waals surface area contributed by atoms with Gasteiger partial charge < -0.3 is 11.1 Å². The Balaban J connectivity index is 2.18. The fraction of sp³-hybridized carbons (Fsp3) is 0.0833. The summed E-state index contributed by atoms with van der Waals surface area (Å²) in [5, 5.41) is 3.40. The number of thiophene rings is 1. The van der Waals surface area contributed by atoms with Gasteiger partial charge >= 0.3 is 0 Å². The summed E-state index contributed by atoms with van der Waals surface area (Å²) >= 11 is 10.6. The number of nitrogens with one attached hydrogen (secondary N) is 1. The number of carbonyl (C=O) groups is 1. The van der Waals surface area contributed by atoms with Crippen molar-refractivity contribution in [2.75, 3.05) is 11.1 Å². The number of halogens is 2. The number of nitrogens with two attached hydrogens (primary N) is 1. The Morgan fingerprint density at radius 3 is 2.72 bits per heavy atom. The van der Waals surface area contributed by atoms with Crippen LogP contribution in [0.4, 0.5) is 11.4 Å². The molecule has 6 heteroatoms. The highest BCUT2D eigenvalue weighted by molar-refractivity contribution is 9.10. The molecule has 1 aromatic heterocycles. The lowest BCUT2D eigenvalue weighted by molar-refractivity contribution is 0.103. The Labute approximate surface area is 122 Å². The van der Waals surface area contributed by atoms with Crippen LogP contribution in [0.15, 0.2) is 28.7 Å². The molecule has 0 unspecified atom stereocenters. The molecule has 18 heavy (non-hydrogen) atoms. The molecular formula is C12H10BrClN2OS. The van der Waals surface area contributed by atoms with Gasteiger partial charge in [-0.2, -0.15) is 0 Å². The number of benzene rings is 1. The summed E-state index contributed by atoms with van der Waals surface area (Å²) < 4.78 is 0.740. The summed E-state index contributed by atoms with van der Waals surface area (Å²) in [5.74, 6) is -0.172. The van der Waals surface area contributed by atoms with Crippen molar-refractivity contribution in [2.24, 2.45) is 0 Å². The zero-order valence-corrected chi connectivity index (χ0v) is 12.6. The first-order valence-corrected chi connectivity index (χ1v) is 7.08. The maximum atomic E-state index is 12.0. The van der Waals surface area contributed by atoms with Gasteiger partial charge in [-0.05, 0) is 47.1 Å². The molecule has 1 aromatic carbocycles. The summed E-state index contributed by atoms with van der Waals surface area (Å²) in [7, 11) is 0. The number of rotatable bonds is 2. The molecular weight excluding hydrogens is 336 g/mol. The number of nitrogen functional groups attached to an aromatic ring is 1. The Hall–Kier alpha value is -1.04. The molecule has 2 aromatic rings. The molecule has 3 N–H and O–H groups in total. The zero-order chi connectivity index (χ0) is 13.3. The lowest BCUT2D eigenvalue weighted by atomic mass is 10.3. The van der Waals surface area contributed by atoms with Crippen LogP contribution in [-0.2, 0) is 0 Å². The minimum absolute atomic E-state index is 0.172. The number of hydrogen-bond donors (Lipinski definition) is 2. The summed E-state index contributed by atoms with van der Waals surface area (Å²) in [6.07, 6.45) is 0. The van der Waals surface area contributed by atoms with E-state index in [0.29, 0.717) is 21.3 Å². The predicted octanol–water partition coefficient (Wildman–Crippen LogP) is 4.31. The van der Waals surface area contributed by atoms with Gasteiger partial charge in [-0.15, -0.1) is 11.3 Å². The van der Waals surface area contributed by atoms with Crippen molar-refractivity contribution >= 4 is 56.1 Å². The molecule has 0 aliphatic heterocycles. The first-order valence-electron chi connectivity index (χ1n) is 5.09. The highest BCUT2D eigenvalue weighted by Crippen LogP contribution is 2.27. The van der Waals surface area contributed by atoms with E-state index in [-0.39, 0.29) is 5.91 Å². The number of hydrogen-bond acceptors (Lipinski definition) is 3. The zero-order valence-electron chi connectivity index (χ0n) is 9.46. The van der Waals surface area contributed by atoms with Crippen LogP contribution in [0.2, 0.25) is 5.02 Å². The molecule has 0 bridgehead atoms. The fourth-order valence-corrected chi connectivity index (χ4v) is 2.71. The van der Waals surface area contributed by atoms with Gasteiger partial charge in [0.1, 0.15) is 0 Å². The van der Waals surface area contributed by atoms with Crippen LogP contribution in [0.25, 0.3) is 0 Å². The van der Waals surface area contributed by atoms with Gasteiger partial charge in [0, 0.05) is 20.7 Å². The number of anilines is 2. The van der Waals surface area contributed by atoms with Gasteiger partial charge in [0.2, 0.25) is 0 Å². The lowest BCUT2D eigenvalue weighted by Gasteiger charge is -2.04. The normalized spacial score (nSPS) is 10.4. The fourth-order valence-electron chi connectivity index (χ4n) is 1.37. The monoisotopic (exact) mass is 344 g/mol. The van der Waals surface area contributed by atoms with Crippen LogP contribution in [0, 0.1) is 6.92 Å². The van der Waals surface area contributed by atoms with E-state index in [1.807, 2.05) is 6.92 Å². The molecule has 0 spiro atoms. The minimum atomic E-state index is -0.172. The van der Waals surface area contributed by atoms with E-state index in [2.05, 4.69) is 21.2 Å². The molecule has 0 radical (unpaired) electrons. The first kappa shape index (κ1) is 13.4. The van der Waals surface area contributed by atoms with E-state index in [9.17, 15) is 4.79 Å². The molecule has 1 heterocycles. The van der Waals surface area contributed by atoms with Crippen molar-refractivity contribution in [3.63, 3.8) is 0 Å². The molecule has 0 fully saturated rings. The van der Waals surface area contributed by atoms with Gasteiger partial charge in [-0.3, -0.25) is 4.79 Å². The van der Waals surface area contributed by atoms with Crippen LogP contribution in [0.5, 0.6) is 0 Å². The maximum Gasteiger partial charge on any atom is 0.265 e. The van der Waals surface area contributed by atoms with Crippen molar-refractivity contribution in [1.82, 2.24) is 0 Å². The molecule has 1 amide bonds. The van der Waals surface area contributed by atoms with Crippen LogP contribution in [0.1, 0.15) is 14.5 Å². The van der Waals surface area contributed by atoms with Crippen molar-refractivity contribution in [3.05, 3.63) is 43.5 Å². The van der Waals surface area contributed by atoms with Gasteiger partial charge in [0.25, 0.3) is 5.91 Å². The molecule has 0 saturated heterocycles. The van der Waals surface area contributed by atoms with Gasteiger partial charge in [-0.25, -0.2) is 0 Å². The van der Waals surface area contributed by atoms with E-state index < -0.39 is 0 Å². The average Bonchev–Trinajstić information content (AvgIpc) is 2.65. The maximum absolute atomic E-state index is 12.0. The number of amides is 1. The van der Waals surface area contributed by atoms with E-state index in [4.69, 9.17) is 17.3 Å². The summed E-state index contributed by atoms with van der Waals surface area (Å²) in [5.41, 5.74) is 7.04. The van der Waals surface area contributed by atoms with Gasteiger partial charge in [-0.1, -0.05) is 11.6 Å². The Kier molecular flexibility index (Phi) is 3.94. The third-order valence-electron chi connectivity index (χ3n) is 2.36. The second-order valence-corrected chi connectivity index (χ2v) is 6.22. The largest absolute Gasteiger partial charge is 0.398 e. The quantitative estimate of drug-likeness (QED) is 0.852. The second-order valence-electron chi connectivity index (χ2n) is 3.71.